The predicted octanol–water partition coefficient (Wildman–Crippen LogP) is 4.33. The van der Waals surface area contributed by atoms with Gasteiger partial charge in [0.2, 0.25) is 0 Å². The van der Waals surface area contributed by atoms with Gasteiger partial charge in [-0.2, -0.15) is 8.42 Å². The molecule has 5 rings (SSSR count). The number of halogens is 1. The number of hydrogen-bond donors (Lipinski definition) is 3. The second-order valence-corrected chi connectivity index (χ2v) is 11.1. The van der Waals surface area contributed by atoms with Crippen LogP contribution >= 0.6 is 0 Å². The van der Waals surface area contributed by atoms with Crippen LogP contribution in [0.2, 0.25) is 0 Å². The number of carbonyl (C=O) groups excluding carboxylic acids is 2. The van der Waals surface area contributed by atoms with Crippen molar-refractivity contribution in [1.29, 1.82) is 0 Å². The second-order valence-electron chi connectivity index (χ2n) is 10.2. The summed E-state index contributed by atoms with van der Waals surface area (Å²) >= 11 is 0. The largest absolute Gasteiger partial charge is 0.462 e. The van der Waals surface area contributed by atoms with Crippen LogP contribution in [0.25, 0.3) is 17.2 Å². The minimum Gasteiger partial charge on any atom is -0.462 e. The molecule has 2 saturated carbocycles. The number of fused-ring (bicyclic) bond motifs is 2. The van der Waals surface area contributed by atoms with E-state index < -0.39 is 16.5 Å². The molecule has 1 amide bonds. The van der Waals surface area contributed by atoms with Crippen LogP contribution < -0.4 is 5.73 Å². The van der Waals surface area contributed by atoms with Crippen LogP contribution in [0, 0.1) is 35.4 Å². The van der Waals surface area contributed by atoms with Crippen LogP contribution in [-0.2, 0) is 24.7 Å². The summed E-state index contributed by atoms with van der Waals surface area (Å²) in [5, 5.41) is 0. The first-order valence-electron chi connectivity index (χ1n) is 12.7. The fourth-order valence-electron chi connectivity index (χ4n) is 6.40. The van der Waals surface area contributed by atoms with Crippen LogP contribution in [0.15, 0.2) is 48.7 Å². The van der Waals surface area contributed by atoms with Crippen LogP contribution in [0.3, 0.4) is 0 Å². The Morgan fingerprint density at radius 2 is 1.92 bits per heavy atom. The van der Waals surface area contributed by atoms with Crippen LogP contribution in [0.1, 0.15) is 38.3 Å². The topological polar surface area (TPSA) is 166 Å². The average Bonchev–Trinajstić information content (AvgIpc) is 3.13. The highest BCUT2D eigenvalue weighted by Gasteiger charge is 2.54. The number of allylic oxidation sites excluding steroid dienone is 1. The summed E-state index contributed by atoms with van der Waals surface area (Å²) in [6.07, 6.45) is 8.07. The van der Waals surface area contributed by atoms with Gasteiger partial charge in [0.05, 0.1) is 11.6 Å². The summed E-state index contributed by atoms with van der Waals surface area (Å²) in [6, 6.07) is 10.3. The number of cyclic esters (lactones) is 1. The average molecular weight is 563 g/mol. The third-order valence-corrected chi connectivity index (χ3v) is 7.82. The number of primary amides is 1. The van der Waals surface area contributed by atoms with E-state index in [1.165, 1.54) is 12.1 Å². The number of amides is 1. The lowest BCUT2D eigenvalue weighted by atomic mass is 9.57. The van der Waals surface area contributed by atoms with E-state index in [1.54, 1.807) is 12.3 Å². The van der Waals surface area contributed by atoms with Gasteiger partial charge in [0.25, 0.3) is 0 Å². The number of esters is 1. The van der Waals surface area contributed by atoms with E-state index in [1.807, 2.05) is 31.2 Å². The van der Waals surface area contributed by atoms with Gasteiger partial charge in [-0.25, -0.2) is 9.18 Å². The molecule has 12 heteroatoms. The molecule has 0 radical (unpaired) electrons. The molecule has 3 fully saturated rings. The molecule has 0 bridgehead atoms. The summed E-state index contributed by atoms with van der Waals surface area (Å²) < 4.78 is 56.1. The van der Waals surface area contributed by atoms with Crippen molar-refractivity contribution < 1.29 is 41.0 Å². The monoisotopic (exact) mass is 562 g/mol. The maximum atomic E-state index is 13.6. The Kier molecular flexibility index (Phi) is 8.67. The number of hydrogen-bond acceptors (Lipinski definition) is 7. The van der Waals surface area contributed by atoms with E-state index in [0.717, 1.165) is 42.5 Å². The highest BCUT2D eigenvalue weighted by atomic mass is 32.3. The van der Waals surface area contributed by atoms with Crippen LogP contribution in [0.5, 0.6) is 0 Å². The van der Waals surface area contributed by atoms with Crippen molar-refractivity contribution in [2.75, 3.05) is 0 Å². The molecule has 2 aromatic rings. The van der Waals surface area contributed by atoms with Crippen molar-refractivity contribution in [3.05, 3.63) is 60.2 Å². The van der Waals surface area contributed by atoms with Crippen LogP contribution in [0.4, 0.5) is 9.18 Å². The predicted molar refractivity (Wildman–Crippen MR) is 139 cm³/mol. The molecule has 1 aromatic carbocycles. The van der Waals surface area contributed by atoms with Gasteiger partial charge in [0, 0.05) is 17.7 Å². The Hall–Kier alpha value is -3.35. The summed E-state index contributed by atoms with van der Waals surface area (Å²) in [5.41, 5.74) is 7.68. The zero-order valence-electron chi connectivity index (χ0n) is 21.2. The Balaban J connectivity index is 0.000000648. The first-order valence-corrected chi connectivity index (χ1v) is 14.1. The van der Waals surface area contributed by atoms with E-state index in [2.05, 4.69) is 11.1 Å². The number of nitrogens with two attached hydrogens (primary N) is 1. The minimum atomic E-state index is -4.67. The summed E-state index contributed by atoms with van der Waals surface area (Å²) in [6.45, 7) is 1.98. The summed E-state index contributed by atoms with van der Waals surface area (Å²) in [7, 11) is -4.67. The van der Waals surface area contributed by atoms with Crippen molar-refractivity contribution in [2.24, 2.45) is 35.3 Å². The van der Waals surface area contributed by atoms with Crippen molar-refractivity contribution in [1.82, 2.24) is 4.98 Å². The van der Waals surface area contributed by atoms with Crippen LogP contribution in [-0.4, -0.2) is 46.8 Å². The second kappa shape index (κ2) is 11.8. The molecule has 0 unspecified atom stereocenters. The van der Waals surface area contributed by atoms with E-state index in [9.17, 15) is 14.0 Å². The first kappa shape index (κ1) is 28.7. The van der Waals surface area contributed by atoms with Gasteiger partial charge >= 0.3 is 22.5 Å². The molecule has 10 nitrogen and oxygen atoms in total. The highest BCUT2D eigenvalue weighted by Crippen LogP contribution is 2.53. The SMILES string of the molecule is C[C@H]1OC(=O)[C@@H]2C[C@@H]3C[C@H](OC(N)=O)CC[C@H]3[C@H](/C=C/c3ccc(-c4cccc(F)c4)cn3)[C@H]12.O=S(=O)(O)O. The maximum absolute atomic E-state index is 13.6. The molecule has 210 valence electrons. The fraction of sp³-hybridized carbons (Fsp3) is 0.444. The quantitative estimate of drug-likeness (QED) is 0.363. The lowest BCUT2D eigenvalue weighted by Crippen LogP contribution is -2.45. The van der Waals surface area contributed by atoms with Gasteiger partial charge in [0.1, 0.15) is 18.0 Å². The van der Waals surface area contributed by atoms with E-state index in [4.69, 9.17) is 32.7 Å². The Bertz CT molecular complexity index is 1330. The van der Waals surface area contributed by atoms with Crippen molar-refractivity contribution in [3.8, 4) is 11.1 Å². The lowest BCUT2D eigenvalue weighted by Gasteiger charge is -2.47. The molecule has 1 saturated heterocycles. The molecule has 39 heavy (non-hydrogen) atoms. The number of benzene rings is 1. The van der Waals surface area contributed by atoms with Crippen molar-refractivity contribution >= 4 is 28.5 Å². The molecular formula is C27H31FN2O8S. The van der Waals surface area contributed by atoms with Gasteiger partial charge in [0.15, 0.2) is 0 Å². The molecule has 4 N–H and O–H groups in total. The third kappa shape index (κ3) is 7.40. The minimum absolute atomic E-state index is 0.120. The smallest absolute Gasteiger partial charge is 0.404 e. The molecule has 1 aliphatic heterocycles. The third-order valence-electron chi connectivity index (χ3n) is 7.82. The van der Waals surface area contributed by atoms with Crippen molar-refractivity contribution in [3.63, 3.8) is 0 Å². The van der Waals surface area contributed by atoms with Gasteiger partial charge in [-0.05, 0) is 80.2 Å². The highest BCUT2D eigenvalue weighted by molar-refractivity contribution is 7.79. The zero-order valence-corrected chi connectivity index (χ0v) is 22.0. The van der Waals surface area contributed by atoms with Crippen molar-refractivity contribution in [2.45, 2.75) is 44.8 Å². The van der Waals surface area contributed by atoms with Gasteiger partial charge in [-0.1, -0.05) is 24.3 Å². The summed E-state index contributed by atoms with van der Waals surface area (Å²) in [4.78, 5) is 28.4. The number of ether oxygens (including phenoxy) is 2. The molecule has 1 aromatic heterocycles. The number of pyridine rings is 1. The Labute approximate surface area is 226 Å². The van der Waals surface area contributed by atoms with Gasteiger partial charge in [-0.3, -0.25) is 18.9 Å². The molecule has 3 aliphatic rings. The fourth-order valence-corrected chi connectivity index (χ4v) is 6.40. The first-order chi connectivity index (χ1) is 18.4. The lowest BCUT2D eigenvalue weighted by molar-refractivity contribution is -0.144. The maximum Gasteiger partial charge on any atom is 0.404 e. The number of rotatable bonds is 4. The Morgan fingerprint density at radius 1 is 1.18 bits per heavy atom. The zero-order chi connectivity index (χ0) is 28.3. The van der Waals surface area contributed by atoms with E-state index in [-0.39, 0.29) is 47.7 Å². The molecule has 0 spiro atoms. The number of carbonyl (C=O) groups is 2. The molecule has 2 aliphatic carbocycles. The molecular weight excluding hydrogens is 531 g/mol. The number of nitrogens with zero attached hydrogens (tertiary/aromatic N) is 1. The van der Waals surface area contributed by atoms with E-state index >= 15 is 0 Å². The molecule has 7 atom stereocenters. The normalized spacial score (nSPS) is 29.9. The number of aromatic nitrogens is 1. The summed E-state index contributed by atoms with van der Waals surface area (Å²) in [5.74, 6) is 0.422. The standard InChI is InChI=1S/C27H29FN2O4.H2O4S/c1-15-25-23(9-7-20-6-5-17(14-30-20)16-3-2-4-19(28)11-16)22-10-8-21(34-27(29)32)12-18(22)13-24(25)26(31)33-15;1-5(2,3)4/h2-7,9,11,14-15,18,21-25H,8,10,12-13H2,1H3,(H2,29,32);(H2,1,2,3,4)/b9-7+;/t15-,18+,21-,22-,23+,24-,25+;/m1./s1. The Morgan fingerprint density at radius 3 is 2.56 bits per heavy atom. The van der Waals surface area contributed by atoms with Gasteiger partial charge < -0.3 is 15.2 Å². The van der Waals surface area contributed by atoms with E-state index in [0.29, 0.717) is 5.92 Å². The molecule has 2 heterocycles. The van der Waals surface area contributed by atoms with Gasteiger partial charge in [-0.15, -0.1) is 0 Å².